The van der Waals surface area contributed by atoms with Crippen LogP contribution in [0, 0.1) is 0 Å². The highest BCUT2D eigenvalue weighted by atomic mass is 35.5. The van der Waals surface area contributed by atoms with E-state index in [0.29, 0.717) is 0 Å². The highest BCUT2D eigenvalue weighted by molar-refractivity contribution is 5.88. The van der Waals surface area contributed by atoms with Crippen LogP contribution in [0.25, 0.3) is 10.9 Å². The van der Waals surface area contributed by atoms with Crippen molar-refractivity contribution in [1.82, 2.24) is 9.97 Å². The first-order valence-corrected chi connectivity index (χ1v) is 4.16. The van der Waals surface area contributed by atoms with Gasteiger partial charge in [-0.3, -0.25) is 0 Å². The number of para-hydroxylation sites is 1. The van der Waals surface area contributed by atoms with E-state index in [0.717, 1.165) is 16.7 Å². The zero-order valence-electron chi connectivity index (χ0n) is 8.95. The largest absolute Gasteiger partial charge is 0.362 e. The Bertz CT molecular complexity index is 429. The summed E-state index contributed by atoms with van der Waals surface area (Å²) < 4.78 is 0. The summed E-state index contributed by atoms with van der Waals surface area (Å²) in [6.45, 7) is 0. The molecule has 0 aliphatic rings. The van der Waals surface area contributed by atoms with Crippen molar-refractivity contribution in [2.45, 2.75) is 0 Å². The molecule has 2 rings (SSSR count). The van der Waals surface area contributed by atoms with Crippen LogP contribution in [0.4, 0.5) is 5.82 Å². The Kier molecular flexibility index (Phi) is 8.25. The van der Waals surface area contributed by atoms with Gasteiger partial charge in [0.2, 0.25) is 0 Å². The van der Waals surface area contributed by atoms with Crippen molar-refractivity contribution in [3.05, 3.63) is 30.6 Å². The highest BCUT2D eigenvalue weighted by Gasteiger charge is 2.02. The van der Waals surface area contributed by atoms with Gasteiger partial charge in [0.05, 0.1) is 5.52 Å². The smallest absolute Gasteiger partial charge is 0.139 e. The molecule has 0 amide bonds. The number of fused-ring (bicyclic) bond motifs is 1. The molecule has 1 aromatic carbocycles. The highest BCUT2D eigenvalue weighted by Crippen LogP contribution is 2.19. The molecular formula is C10H14Cl3N3. The number of anilines is 1. The zero-order valence-corrected chi connectivity index (χ0v) is 11.4. The minimum atomic E-state index is 0. The first-order valence-electron chi connectivity index (χ1n) is 4.16. The van der Waals surface area contributed by atoms with Gasteiger partial charge in [0.1, 0.15) is 12.1 Å². The zero-order chi connectivity index (χ0) is 9.26. The molecule has 0 atom stereocenters. The Morgan fingerprint density at radius 2 is 1.56 bits per heavy atom. The molecule has 0 saturated carbocycles. The van der Waals surface area contributed by atoms with Gasteiger partial charge < -0.3 is 4.90 Å². The molecule has 0 bridgehead atoms. The van der Waals surface area contributed by atoms with Crippen molar-refractivity contribution in [3.63, 3.8) is 0 Å². The van der Waals surface area contributed by atoms with Crippen LogP contribution in [0.2, 0.25) is 0 Å². The predicted molar refractivity (Wildman–Crippen MR) is 75.6 cm³/mol. The molecule has 0 unspecified atom stereocenters. The first-order chi connectivity index (χ1) is 6.29. The Morgan fingerprint density at radius 3 is 2.19 bits per heavy atom. The summed E-state index contributed by atoms with van der Waals surface area (Å²) in [7, 11) is 3.96. The minimum absolute atomic E-state index is 0. The van der Waals surface area contributed by atoms with E-state index in [1.165, 1.54) is 0 Å². The molecule has 0 spiro atoms. The lowest BCUT2D eigenvalue weighted by Crippen LogP contribution is -2.11. The lowest BCUT2D eigenvalue weighted by Gasteiger charge is -2.12. The second kappa shape index (κ2) is 7.49. The fraction of sp³-hybridized carbons (Fsp3) is 0.200. The molecule has 90 valence electrons. The maximum absolute atomic E-state index is 4.22. The first kappa shape index (κ1) is 17.6. The van der Waals surface area contributed by atoms with Gasteiger partial charge in [0.15, 0.2) is 0 Å². The number of hydrogen-bond donors (Lipinski definition) is 0. The van der Waals surface area contributed by atoms with E-state index >= 15 is 0 Å². The Balaban J connectivity index is 0. The molecule has 3 nitrogen and oxygen atoms in total. The maximum atomic E-state index is 4.22. The molecule has 0 aliphatic heterocycles. The topological polar surface area (TPSA) is 29.0 Å². The van der Waals surface area contributed by atoms with Crippen molar-refractivity contribution >= 4 is 53.9 Å². The van der Waals surface area contributed by atoms with Gasteiger partial charge in [-0.2, -0.15) is 0 Å². The molecule has 0 radical (unpaired) electrons. The molecule has 1 heterocycles. The summed E-state index contributed by atoms with van der Waals surface area (Å²) in [4.78, 5) is 10.4. The van der Waals surface area contributed by atoms with Crippen LogP contribution in [-0.2, 0) is 0 Å². The summed E-state index contributed by atoms with van der Waals surface area (Å²) in [5.74, 6) is 0.964. The van der Waals surface area contributed by atoms with E-state index in [1.54, 1.807) is 6.33 Å². The van der Waals surface area contributed by atoms with Gasteiger partial charge in [0, 0.05) is 19.5 Å². The van der Waals surface area contributed by atoms with Crippen LogP contribution in [0.3, 0.4) is 0 Å². The SMILES string of the molecule is CN(C)c1ncnc2ccccc12.Cl.Cl.Cl. The molecule has 6 heteroatoms. The fourth-order valence-electron chi connectivity index (χ4n) is 1.35. The maximum Gasteiger partial charge on any atom is 0.139 e. The van der Waals surface area contributed by atoms with E-state index in [1.807, 2.05) is 43.3 Å². The summed E-state index contributed by atoms with van der Waals surface area (Å²) in [5.41, 5.74) is 0.987. The van der Waals surface area contributed by atoms with Crippen LogP contribution in [0.15, 0.2) is 30.6 Å². The van der Waals surface area contributed by atoms with Gasteiger partial charge in [0.25, 0.3) is 0 Å². The number of benzene rings is 1. The third-order valence-electron chi connectivity index (χ3n) is 1.95. The monoisotopic (exact) mass is 281 g/mol. The van der Waals surface area contributed by atoms with Crippen LogP contribution in [-0.4, -0.2) is 24.1 Å². The Labute approximate surface area is 114 Å². The molecule has 0 saturated heterocycles. The molecule has 1 aromatic heterocycles. The fourth-order valence-corrected chi connectivity index (χ4v) is 1.35. The predicted octanol–water partition coefficient (Wildman–Crippen LogP) is 2.96. The van der Waals surface area contributed by atoms with E-state index in [-0.39, 0.29) is 37.2 Å². The van der Waals surface area contributed by atoms with Crippen LogP contribution >= 0.6 is 37.2 Å². The summed E-state index contributed by atoms with van der Waals surface area (Å²) >= 11 is 0. The van der Waals surface area contributed by atoms with Crippen molar-refractivity contribution in [2.75, 3.05) is 19.0 Å². The number of hydrogen-bond acceptors (Lipinski definition) is 3. The van der Waals surface area contributed by atoms with Gasteiger partial charge in [-0.1, -0.05) is 12.1 Å². The average molecular weight is 283 g/mol. The summed E-state index contributed by atoms with van der Waals surface area (Å²) in [5, 5.41) is 1.09. The molecule has 0 aliphatic carbocycles. The van der Waals surface area contributed by atoms with Crippen molar-refractivity contribution in [3.8, 4) is 0 Å². The van der Waals surface area contributed by atoms with E-state index in [9.17, 15) is 0 Å². The molecular weight excluding hydrogens is 268 g/mol. The van der Waals surface area contributed by atoms with Gasteiger partial charge >= 0.3 is 0 Å². The molecule has 2 aromatic rings. The third kappa shape index (κ3) is 3.37. The normalized spacial score (nSPS) is 8.38. The molecule has 16 heavy (non-hydrogen) atoms. The lowest BCUT2D eigenvalue weighted by atomic mass is 10.2. The quantitative estimate of drug-likeness (QED) is 0.805. The lowest BCUT2D eigenvalue weighted by molar-refractivity contribution is 1.06. The summed E-state index contributed by atoms with van der Waals surface area (Å²) in [6, 6.07) is 8.00. The van der Waals surface area contributed by atoms with Gasteiger partial charge in [-0.25, -0.2) is 9.97 Å². The number of nitrogens with zero attached hydrogens (tertiary/aromatic N) is 3. The van der Waals surface area contributed by atoms with Crippen molar-refractivity contribution < 1.29 is 0 Å². The third-order valence-corrected chi connectivity index (χ3v) is 1.95. The number of halogens is 3. The van der Waals surface area contributed by atoms with Crippen molar-refractivity contribution in [1.29, 1.82) is 0 Å². The average Bonchev–Trinajstić information content (AvgIpc) is 2.17. The van der Waals surface area contributed by atoms with Crippen LogP contribution in [0.1, 0.15) is 0 Å². The van der Waals surface area contributed by atoms with E-state index < -0.39 is 0 Å². The second-order valence-electron chi connectivity index (χ2n) is 3.11. The van der Waals surface area contributed by atoms with E-state index in [2.05, 4.69) is 9.97 Å². The summed E-state index contributed by atoms with van der Waals surface area (Å²) in [6.07, 6.45) is 1.59. The standard InChI is InChI=1S/C10H11N3.3ClH/c1-13(2)10-8-5-3-4-6-9(8)11-7-12-10;;;/h3-7H,1-2H3;3*1H. The Hall–Kier alpha value is -0.770. The Morgan fingerprint density at radius 1 is 0.938 bits per heavy atom. The molecule has 0 fully saturated rings. The minimum Gasteiger partial charge on any atom is -0.362 e. The van der Waals surface area contributed by atoms with E-state index in [4.69, 9.17) is 0 Å². The van der Waals surface area contributed by atoms with Crippen LogP contribution in [0.5, 0.6) is 0 Å². The van der Waals surface area contributed by atoms with Gasteiger partial charge in [-0.15, -0.1) is 37.2 Å². The second-order valence-corrected chi connectivity index (χ2v) is 3.11. The number of aromatic nitrogens is 2. The van der Waals surface area contributed by atoms with Gasteiger partial charge in [-0.05, 0) is 12.1 Å². The van der Waals surface area contributed by atoms with Crippen LogP contribution < -0.4 is 4.90 Å². The number of rotatable bonds is 1. The molecule has 0 N–H and O–H groups in total. The van der Waals surface area contributed by atoms with Crippen molar-refractivity contribution in [2.24, 2.45) is 0 Å².